The molecule has 0 aliphatic heterocycles. The summed E-state index contributed by atoms with van der Waals surface area (Å²) in [6, 6.07) is 28.3. The van der Waals surface area contributed by atoms with Gasteiger partial charge in [-0.3, -0.25) is 0 Å². The number of ether oxygens (including phenoxy) is 1. The minimum Gasteiger partial charge on any atom is -0.457 e. The third-order valence-corrected chi connectivity index (χ3v) is 3.83. The minimum atomic E-state index is 0.747. The fourth-order valence-corrected chi connectivity index (χ4v) is 2.57. The van der Waals surface area contributed by atoms with Gasteiger partial charge in [-0.1, -0.05) is 36.4 Å². The zero-order valence-electron chi connectivity index (χ0n) is 14.0. The predicted octanol–water partition coefficient (Wildman–Crippen LogP) is 5.48. The maximum Gasteiger partial charge on any atom is 0.141 e. The number of nitrogens with zero attached hydrogens (tertiary/aromatic N) is 2. The van der Waals surface area contributed by atoms with Gasteiger partial charge in [0.05, 0.1) is 0 Å². The summed E-state index contributed by atoms with van der Waals surface area (Å²) < 4.78 is 5.82. The molecule has 125 valence electrons. The van der Waals surface area contributed by atoms with Crippen LogP contribution in [0.1, 0.15) is 0 Å². The Morgan fingerprint density at radius 3 is 2.42 bits per heavy atom. The number of hydrogen-bond acceptors (Lipinski definition) is 4. The van der Waals surface area contributed by atoms with Gasteiger partial charge in [0.25, 0.3) is 0 Å². The lowest BCUT2D eigenvalue weighted by Crippen LogP contribution is -1.97. The van der Waals surface area contributed by atoms with Gasteiger partial charge in [0.2, 0.25) is 0 Å². The third-order valence-electron chi connectivity index (χ3n) is 3.83. The van der Waals surface area contributed by atoms with Crippen LogP contribution in [0.15, 0.2) is 91.4 Å². The summed E-state index contributed by atoms with van der Waals surface area (Å²) >= 11 is 0. The first-order valence-electron chi connectivity index (χ1n) is 8.25. The van der Waals surface area contributed by atoms with Gasteiger partial charge >= 0.3 is 0 Å². The van der Waals surface area contributed by atoms with Crippen molar-refractivity contribution in [2.45, 2.75) is 0 Å². The highest BCUT2D eigenvalue weighted by molar-refractivity contribution is 5.77. The first kappa shape index (κ1) is 15.8. The van der Waals surface area contributed by atoms with E-state index in [-0.39, 0.29) is 0 Å². The molecule has 0 aliphatic rings. The van der Waals surface area contributed by atoms with Crippen LogP contribution in [0.4, 0.5) is 11.5 Å². The quantitative estimate of drug-likeness (QED) is 0.523. The fraction of sp³-hybridized carbons (Fsp3) is 0. The molecule has 1 aromatic heterocycles. The molecule has 1 heterocycles. The van der Waals surface area contributed by atoms with Crippen molar-refractivity contribution >= 4 is 11.5 Å². The molecule has 1 radical (unpaired) electrons. The van der Waals surface area contributed by atoms with Gasteiger partial charge in [-0.05, 0) is 54.1 Å². The summed E-state index contributed by atoms with van der Waals surface area (Å²) in [6.07, 6.45) is 3.33. The van der Waals surface area contributed by atoms with E-state index in [0.29, 0.717) is 0 Å². The van der Waals surface area contributed by atoms with Gasteiger partial charge in [-0.15, -0.1) is 0 Å². The van der Waals surface area contributed by atoms with Crippen LogP contribution in [0.25, 0.3) is 11.1 Å². The second kappa shape index (κ2) is 7.49. The van der Waals surface area contributed by atoms with Crippen molar-refractivity contribution in [3.63, 3.8) is 0 Å². The first-order valence-corrected chi connectivity index (χ1v) is 8.25. The lowest BCUT2D eigenvalue weighted by atomic mass is 10.1. The molecule has 0 atom stereocenters. The summed E-state index contributed by atoms with van der Waals surface area (Å²) in [5, 5.41) is 3.34. The van der Waals surface area contributed by atoms with E-state index in [1.54, 1.807) is 6.20 Å². The smallest absolute Gasteiger partial charge is 0.141 e. The lowest BCUT2D eigenvalue weighted by molar-refractivity contribution is 0.483. The number of aromatic nitrogens is 2. The van der Waals surface area contributed by atoms with Crippen LogP contribution in [-0.2, 0) is 0 Å². The standard InChI is InChI=1S/C22H16N3O/c1-3-7-17(8-4-1)21-15-23-16-24-22(21)25-18-11-13-20(14-12-18)26-19-9-5-2-6-10-19/h1-3,5-16H,(H,23,24,25). The average molecular weight is 338 g/mol. The van der Waals surface area contributed by atoms with E-state index in [2.05, 4.69) is 21.4 Å². The van der Waals surface area contributed by atoms with Crippen molar-refractivity contribution in [2.24, 2.45) is 0 Å². The molecule has 0 bridgehead atoms. The monoisotopic (exact) mass is 338 g/mol. The Morgan fingerprint density at radius 2 is 1.65 bits per heavy atom. The van der Waals surface area contributed by atoms with E-state index in [0.717, 1.165) is 34.1 Å². The molecule has 26 heavy (non-hydrogen) atoms. The van der Waals surface area contributed by atoms with Crippen LogP contribution >= 0.6 is 0 Å². The molecule has 0 saturated carbocycles. The number of nitrogens with one attached hydrogen (secondary N) is 1. The lowest BCUT2D eigenvalue weighted by Gasteiger charge is -2.11. The zero-order chi connectivity index (χ0) is 17.6. The Balaban J connectivity index is 1.53. The number of benzene rings is 3. The third kappa shape index (κ3) is 3.70. The Kier molecular flexibility index (Phi) is 4.56. The first-order chi connectivity index (χ1) is 12.9. The Morgan fingerprint density at radius 1 is 0.846 bits per heavy atom. The van der Waals surface area contributed by atoms with Crippen LogP contribution < -0.4 is 10.1 Å². The molecule has 4 rings (SSSR count). The average Bonchev–Trinajstić information content (AvgIpc) is 2.71. The van der Waals surface area contributed by atoms with E-state index in [4.69, 9.17) is 4.74 Å². The van der Waals surface area contributed by atoms with Crippen molar-refractivity contribution in [1.29, 1.82) is 0 Å². The summed E-state index contributed by atoms with van der Waals surface area (Å²) in [6.45, 7) is 0. The predicted molar refractivity (Wildman–Crippen MR) is 103 cm³/mol. The SMILES string of the molecule is [c]1cccc(-c2cncnc2Nc2ccc(Oc3ccccc3)cc2)c1. The minimum absolute atomic E-state index is 0.747. The molecule has 0 spiro atoms. The van der Waals surface area contributed by atoms with Crippen molar-refractivity contribution in [3.05, 3.63) is 97.5 Å². The highest BCUT2D eigenvalue weighted by atomic mass is 16.5. The summed E-state index contributed by atoms with van der Waals surface area (Å²) in [5.74, 6) is 2.34. The summed E-state index contributed by atoms with van der Waals surface area (Å²) in [5.41, 5.74) is 2.86. The van der Waals surface area contributed by atoms with Crippen molar-refractivity contribution in [2.75, 3.05) is 5.32 Å². The second-order valence-electron chi connectivity index (χ2n) is 5.64. The molecule has 4 aromatic rings. The number of para-hydroxylation sites is 1. The largest absolute Gasteiger partial charge is 0.457 e. The fourth-order valence-electron chi connectivity index (χ4n) is 2.57. The van der Waals surface area contributed by atoms with E-state index in [1.807, 2.05) is 78.9 Å². The van der Waals surface area contributed by atoms with Gasteiger partial charge in [0.15, 0.2) is 0 Å². The Labute approximate surface area is 152 Å². The number of hydrogen-bond donors (Lipinski definition) is 1. The maximum absolute atomic E-state index is 5.82. The van der Waals surface area contributed by atoms with Crippen molar-refractivity contribution in [1.82, 2.24) is 9.97 Å². The normalized spacial score (nSPS) is 10.3. The van der Waals surface area contributed by atoms with Gasteiger partial charge in [-0.25, -0.2) is 9.97 Å². The van der Waals surface area contributed by atoms with E-state index < -0.39 is 0 Å². The molecule has 4 heteroatoms. The van der Waals surface area contributed by atoms with Crippen LogP contribution in [0, 0.1) is 6.07 Å². The summed E-state index contributed by atoms with van der Waals surface area (Å²) in [7, 11) is 0. The van der Waals surface area contributed by atoms with Crippen LogP contribution in [0.5, 0.6) is 11.5 Å². The molecular weight excluding hydrogens is 322 g/mol. The highest BCUT2D eigenvalue weighted by Crippen LogP contribution is 2.28. The molecule has 0 amide bonds. The van der Waals surface area contributed by atoms with E-state index >= 15 is 0 Å². The number of anilines is 2. The van der Waals surface area contributed by atoms with Gasteiger partial charge in [0, 0.05) is 17.4 Å². The molecule has 0 aliphatic carbocycles. The zero-order valence-corrected chi connectivity index (χ0v) is 14.0. The Bertz CT molecular complexity index is 971. The molecule has 0 saturated heterocycles. The van der Waals surface area contributed by atoms with Crippen LogP contribution in [-0.4, -0.2) is 9.97 Å². The van der Waals surface area contributed by atoms with Gasteiger partial charge in [0.1, 0.15) is 23.6 Å². The van der Waals surface area contributed by atoms with Crippen LogP contribution in [0.3, 0.4) is 0 Å². The second-order valence-corrected chi connectivity index (χ2v) is 5.64. The molecular formula is C22H16N3O. The Hall–Kier alpha value is -3.66. The van der Waals surface area contributed by atoms with Gasteiger partial charge < -0.3 is 10.1 Å². The molecule has 3 aromatic carbocycles. The molecule has 0 fully saturated rings. The van der Waals surface area contributed by atoms with Crippen molar-refractivity contribution in [3.8, 4) is 22.6 Å². The highest BCUT2D eigenvalue weighted by Gasteiger charge is 2.07. The number of rotatable bonds is 5. The van der Waals surface area contributed by atoms with E-state index in [1.165, 1.54) is 6.33 Å². The molecule has 1 N–H and O–H groups in total. The van der Waals surface area contributed by atoms with Gasteiger partial charge in [-0.2, -0.15) is 0 Å². The molecule has 0 unspecified atom stereocenters. The maximum atomic E-state index is 5.82. The topological polar surface area (TPSA) is 47.0 Å². The summed E-state index contributed by atoms with van der Waals surface area (Å²) in [4.78, 5) is 8.51. The van der Waals surface area contributed by atoms with Crippen molar-refractivity contribution < 1.29 is 4.74 Å². The van der Waals surface area contributed by atoms with E-state index in [9.17, 15) is 0 Å². The molecule has 4 nitrogen and oxygen atoms in total. The van der Waals surface area contributed by atoms with Crippen LogP contribution in [0.2, 0.25) is 0 Å².